The Morgan fingerprint density at radius 2 is 1.65 bits per heavy atom. The van der Waals surface area contributed by atoms with E-state index >= 15 is 0 Å². The molecule has 10 atom stereocenters. The molecular formula is C40H68N3O5Pt-. The van der Waals surface area contributed by atoms with Gasteiger partial charge in [0.05, 0.1) is 19.3 Å². The molecule has 4 saturated carbocycles. The molecule has 0 spiro atoms. The molecule has 8 nitrogen and oxygen atoms in total. The number of carbonyl (C=O) groups is 2. The third-order valence-electron chi connectivity index (χ3n) is 13.6. The summed E-state index contributed by atoms with van der Waals surface area (Å²) in [6.45, 7) is 12.7. The first-order chi connectivity index (χ1) is 22.7. The van der Waals surface area contributed by atoms with E-state index in [1.165, 1.54) is 69.8 Å². The Hall–Kier alpha value is -1.24. The number of fused-ring (bicyclic) bond motifs is 5. The molecule has 0 aromatic carbocycles. The maximum Gasteiger partial charge on any atom is 0.390 e. The van der Waals surface area contributed by atoms with E-state index < -0.39 is 5.97 Å². The summed E-state index contributed by atoms with van der Waals surface area (Å²) in [5, 5.41) is 11.4. The van der Waals surface area contributed by atoms with Crippen LogP contribution in [0.3, 0.4) is 0 Å². The maximum absolute atomic E-state index is 12.5. The SMILES string of the molecule is CC(C)CCC[C@@H](C)[C@H]1CC[C@H]2[C@@H]3CC=C4C[C@@H](OC(=O)CCNC(=[OH+])CCC(=O)O)CC[C@]4(C)[C@H]3CC[C@]12C.[NH-][C@@H]1CCCC[C@H]1[NH-].[Pt]. The molecule has 4 fully saturated rings. The van der Waals surface area contributed by atoms with Crippen LogP contribution < -0.4 is 5.32 Å². The van der Waals surface area contributed by atoms with Gasteiger partial charge in [0.25, 0.3) is 0 Å². The molecule has 9 heteroatoms. The number of ether oxygens (including phenoxy) is 1. The number of carboxylic acids is 1. The van der Waals surface area contributed by atoms with Gasteiger partial charge in [-0.3, -0.25) is 14.4 Å². The predicted molar refractivity (Wildman–Crippen MR) is 194 cm³/mol. The van der Waals surface area contributed by atoms with Crippen LogP contribution in [0.4, 0.5) is 0 Å². The molecule has 5 rings (SSSR count). The number of allylic oxidation sites excluding steroid dienone is 1. The largest absolute Gasteiger partial charge is 0.676 e. The van der Waals surface area contributed by atoms with Crippen molar-refractivity contribution in [1.82, 2.24) is 5.32 Å². The van der Waals surface area contributed by atoms with E-state index in [2.05, 4.69) is 46.0 Å². The van der Waals surface area contributed by atoms with Crippen LogP contribution in [0, 0.1) is 46.3 Å². The number of carboxylic acid groups (broad SMARTS) is 1. The van der Waals surface area contributed by atoms with Crippen LogP contribution in [0.5, 0.6) is 0 Å². The maximum atomic E-state index is 12.5. The summed E-state index contributed by atoms with van der Waals surface area (Å²) in [5.41, 5.74) is 16.8. The summed E-state index contributed by atoms with van der Waals surface area (Å²) >= 11 is 0. The van der Waals surface area contributed by atoms with Gasteiger partial charge >= 0.3 is 17.8 Å². The van der Waals surface area contributed by atoms with E-state index in [1.54, 1.807) is 0 Å². The minimum absolute atomic E-state index is 0. The van der Waals surface area contributed by atoms with Gasteiger partial charge < -0.3 is 26.6 Å². The van der Waals surface area contributed by atoms with E-state index in [4.69, 9.17) is 21.3 Å². The van der Waals surface area contributed by atoms with E-state index in [0.717, 1.165) is 67.6 Å². The van der Waals surface area contributed by atoms with Gasteiger partial charge in [-0.2, -0.15) is 12.1 Å². The number of carbonyl (C=O) groups excluding carboxylic acids is 2. The average molecular weight is 866 g/mol. The zero-order chi connectivity index (χ0) is 35.1. The molecule has 0 heterocycles. The number of hydrogen-bond acceptors (Lipinski definition) is 3. The molecule has 0 aromatic rings. The zero-order valence-electron chi connectivity index (χ0n) is 31.1. The third-order valence-corrected chi connectivity index (χ3v) is 13.6. The first-order valence-electron chi connectivity index (χ1n) is 19.6. The molecule has 0 unspecified atom stereocenters. The molecule has 0 bridgehead atoms. The Kier molecular flexibility index (Phi) is 16.4. The Balaban J connectivity index is 0.000000634. The van der Waals surface area contributed by atoms with Gasteiger partial charge in [0.1, 0.15) is 6.10 Å². The molecule has 5 N–H and O–H groups in total. The van der Waals surface area contributed by atoms with Crippen molar-refractivity contribution in [2.75, 3.05) is 6.54 Å². The van der Waals surface area contributed by atoms with Crippen molar-refractivity contribution in [1.29, 1.82) is 0 Å². The molecule has 49 heavy (non-hydrogen) atoms. The molecular weight excluding hydrogens is 798 g/mol. The number of esters is 1. The number of nitrogens with one attached hydrogen (secondary N) is 3. The molecule has 0 saturated heterocycles. The van der Waals surface area contributed by atoms with E-state index in [9.17, 15) is 14.4 Å². The van der Waals surface area contributed by atoms with Crippen LogP contribution in [0.25, 0.3) is 11.5 Å². The smallest absolute Gasteiger partial charge is 0.390 e. The van der Waals surface area contributed by atoms with Crippen LogP contribution in [-0.4, -0.2) is 52.5 Å². The number of hydrogen-bond donors (Lipinski definition) is 2. The fourth-order valence-electron chi connectivity index (χ4n) is 10.8. The van der Waals surface area contributed by atoms with Crippen LogP contribution in [0.1, 0.15) is 150 Å². The second-order valence-corrected chi connectivity index (χ2v) is 17.2. The van der Waals surface area contributed by atoms with Gasteiger partial charge in [0.15, 0.2) is 0 Å². The summed E-state index contributed by atoms with van der Waals surface area (Å²) in [6, 6.07) is -0.160. The molecule has 5 aliphatic carbocycles. The van der Waals surface area contributed by atoms with Crippen LogP contribution in [0.2, 0.25) is 0 Å². The van der Waals surface area contributed by atoms with E-state index in [1.807, 2.05) is 0 Å². The Bertz CT molecular complexity index is 1120. The summed E-state index contributed by atoms with van der Waals surface area (Å²) in [4.78, 5) is 32.9. The van der Waals surface area contributed by atoms with Crippen LogP contribution in [0.15, 0.2) is 11.6 Å². The number of amides is 1. The first kappa shape index (κ1) is 42.2. The van der Waals surface area contributed by atoms with E-state index in [-0.39, 0.29) is 82.4 Å². The normalized spacial score (nSPS) is 35.6. The monoisotopic (exact) mass is 865 g/mol. The van der Waals surface area contributed by atoms with Crippen molar-refractivity contribution in [2.45, 2.75) is 168 Å². The molecule has 0 aliphatic heterocycles. The Morgan fingerprint density at radius 1 is 0.959 bits per heavy atom. The van der Waals surface area contributed by atoms with E-state index in [0.29, 0.717) is 5.41 Å². The van der Waals surface area contributed by atoms with Gasteiger partial charge in [0, 0.05) is 34.0 Å². The second kappa shape index (κ2) is 19.0. The fraction of sp³-hybridized carbons (Fsp3) is 0.875. The Morgan fingerprint density at radius 3 is 2.29 bits per heavy atom. The minimum Gasteiger partial charge on any atom is -0.676 e. The van der Waals surface area contributed by atoms with Crippen molar-refractivity contribution in [3.8, 4) is 0 Å². The van der Waals surface area contributed by atoms with Crippen LogP contribution >= 0.6 is 0 Å². The summed E-state index contributed by atoms with van der Waals surface area (Å²) in [7, 11) is 0. The predicted octanol–water partition coefficient (Wildman–Crippen LogP) is 9.69. The fourth-order valence-corrected chi connectivity index (χ4v) is 10.8. The van der Waals surface area contributed by atoms with Gasteiger partial charge in [0.2, 0.25) is 0 Å². The summed E-state index contributed by atoms with van der Waals surface area (Å²) in [6.07, 6.45) is 20.5. The molecule has 1 amide bonds. The minimum atomic E-state index is -0.961. The van der Waals surface area contributed by atoms with Crippen molar-refractivity contribution in [3.05, 3.63) is 23.1 Å². The van der Waals surface area contributed by atoms with Crippen molar-refractivity contribution >= 4 is 17.8 Å². The molecule has 284 valence electrons. The molecule has 0 aromatic heterocycles. The number of aliphatic carboxylic acids is 1. The third kappa shape index (κ3) is 10.9. The first-order valence-corrected chi connectivity index (χ1v) is 19.6. The standard InChI is InChI=1S/C34H55NO5.C6H12N2.Pt/c1-22(2)7-6-8-23(3)27-11-12-28-26-10-9-24-21-25(15-18-33(24,4)29(26)16-19-34(27,28)5)40-32(39)17-20-35-30(36)13-14-31(37)38;7-5-3-1-2-4-6(5)8;/h9,22-23,25-29H,6-8,10-21H2,1-5H3,(H,35,36)(H,37,38);5-8H,1-4H2;/q;-2;/p+1/t23-,25+,26+,27-,28+,29+,33+,34-;5-,6-;/m11./s1. The summed E-state index contributed by atoms with van der Waals surface area (Å²) < 4.78 is 5.87. The summed E-state index contributed by atoms with van der Waals surface area (Å²) in [5.74, 6) is 3.62. The molecule has 5 aliphatic rings. The van der Waals surface area contributed by atoms with Gasteiger partial charge in [-0.25, -0.2) is 0 Å². The van der Waals surface area contributed by atoms with Crippen molar-refractivity contribution in [2.24, 2.45) is 46.3 Å². The van der Waals surface area contributed by atoms with Crippen LogP contribution in [-0.2, 0) is 35.4 Å². The Labute approximate surface area is 311 Å². The zero-order valence-corrected chi connectivity index (χ0v) is 33.4. The average Bonchev–Trinajstić information content (AvgIpc) is 3.39. The van der Waals surface area contributed by atoms with Crippen molar-refractivity contribution < 1.29 is 45.3 Å². The number of rotatable bonds is 12. The van der Waals surface area contributed by atoms with Gasteiger partial charge in [-0.1, -0.05) is 91.2 Å². The quantitative estimate of drug-likeness (QED) is 0.114. The van der Waals surface area contributed by atoms with Gasteiger partial charge in [-0.05, 0) is 91.3 Å². The van der Waals surface area contributed by atoms with Gasteiger partial charge in [-0.15, -0.1) is 0 Å². The second-order valence-electron chi connectivity index (χ2n) is 17.2. The van der Waals surface area contributed by atoms with Crippen molar-refractivity contribution in [3.63, 3.8) is 0 Å². The topological polar surface area (TPSA) is 145 Å². The molecule has 0 radical (unpaired) electrons.